The SMILES string of the molecule is Cc1cc(C)cc(C(=O)Nc2ccc(F)nc2F)c1. The van der Waals surface area contributed by atoms with Crippen molar-refractivity contribution < 1.29 is 13.6 Å². The van der Waals surface area contributed by atoms with E-state index >= 15 is 0 Å². The minimum absolute atomic E-state index is 0.148. The lowest BCUT2D eigenvalue weighted by molar-refractivity contribution is 0.102. The number of rotatable bonds is 2. The fourth-order valence-corrected chi connectivity index (χ4v) is 1.81. The lowest BCUT2D eigenvalue weighted by atomic mass is 10.1. The van der Waals surface area contributed by atoms with E-state index in [4.69, 9.17) is 0 Å². The van der Waals surface area contributed by atoms with E-state index in [1.54, 1.807) is 12.1 Å². The second-order valence-electron chi connectivity index (χ2n) is 4.30. The van der Waals surface area contributed by atoms with Crippen LogP contribution in [0.1, 0.15) is 21.5 Å². The van der Waals surface area contributed by atoms with Gasteiger partial charge in [0.2, 0.25) is 11.9 Å². The first-order valence-corrected chi connectivity index (χ1v) is 5.67. The van der Waals surface area contributed by atoms with Crippen molar-refractivity contribution in [3.63, 3.8) is 0 Å². The Morgan fingerprint density at radius 1 is 1.11 bits per heavy atom. The number of amides is 1. The third kappa shape index (κ3) is 3.13. The molecule has 0 bridgehead atoms. The summed E-state index contributed by atoms with van der Waals surface area (Å²) in [5.74, 6) is -2.43. The van der Waals surface area contributed by atoms with Gasteiger partial charge in [0.15, 0.2) is 0 Å². The molecule has 2 aromatic rings. The molecule has 2 rings (SSSR count). The van der Waals surface area contributed by atoms with E-state index < -0.39 is 17.8 Å². The monoisotopic (exact) mass is 262 g/mol. The number of halogens is 2. The van der Waals surface area contributed by atoms with Crippen LogP contribution >= 0.6 is 0 Å². The first-order chi connectivity index (χ1) is 8.95. The van der Waals surface area contributed by atoms with Crippen molar-refractivity contribution in [2.24, 2.45) is 0 Å². The normalized spacial score (nSPS) is 10.3. The molecule has 1 heterocycles. The van der Waals surface area contributed by atoms with Crippen LogP contribution in [-0.2, 0) is 0 Å². The van der Waals surface area contributed by atoms with Crippen molar-refractivity contribution in [2.75, 3.05) is 5.32 Å². The van der Waals surface area contributed by atoms with Crippen LogP contribution in [0, 0.1) is 25.7 Å². The lowest BCUT2D eigenvalue weighted by Crippen LogP contribution is -2.14. The maximum absolute atomic E-state index is 13.3. The van der Waals surface area contributed by atoms with Crippen LogP contribution in [0.25, 0.3) is 0 Å². The third-order valence-electron chi connectivity index (χ3n) is 2.55. The van der Waals surface area contributed by atoms with E-state index in [9.17, 15) is 13.6 Å². The van der Waals surface area contributed by atoms with Crippen LogP contribution < -0.4 is 5.32 Å². The maximum atomic E-state index is 13.3. The number of nitrogens with one attached hydrogen (secondary N) is 1. The zero-order chi connectivity index (χ0) is 14.0. The van der Waals surface area contributed by atoms with Crippen molar-refractivity contribution >= 4 is 11.6 Å². The van der Waals surface area contributed by atoms with Gasteiger partial charge in [-0.3, -0.25) is 4.79 Å². The van der Waals surface area contributed by atoms with Gasteiger partial charge in [-0.1, -0.05) is 17.2 Å². The lowest BCUT2D eigenvalue weighted by Gasteiger charge is -2.07. The van der Waals surface area contributed by atoms with Gasteiger partial charge in [-0.05, 0) is 38.1 Å². The molecule has 1 aromatic heterocycles. The molecule has 0 aliphatic carbocycles. The van der Waals surface area contributed by atoms with Gasteiger partial charge in [0.1, 0.15) is 0 Å². The zero-order valence-electron chi connectivity index (χ0n) is 10.5. The van der Waals surface area contributed by atoms with Gasteiger partial charge in [-0.25, -0.2) is 0 Å². The molecule has 0 fully saturated rings. The molecular weight excluding hydrogens is 250 g/mol. The molecule has 0 saturated heterocycles. The topological polar surface area (TPSA) is 42.0 Å². The second-order valence-corrected chi connectivity index (χ2v) is 4.30. The number of aryl methyl sites for hydroxylation is 2. The second kappa shape index (κ2) is 5.14. The number of carbonyl (C=O) groups excluding carboxylic acids is 1. The average Bonchev–Trinajstić information content (AvgIpc) is 2.31. The predicted molar refractivity (Wildman–Crippen MR) is 68.0 cm³/mol. The Labute approximate surface area is 109 Å². The summed E-state index contributed by atoms with van der Waals surface area (Å²) in [4.78, 5) is 15.0. The number of nitrogens with zero attached hydrogens (tertiary/aromatic N) is 1. The highest BCUT2D eigenvalue weighted by Gasteiger charge is 2.11. The molecule has 0 aliphatic rings. The first kappa shape index (κ1) is 13.1. The zero-order valence-corrected chi connectivity index (χ0v) is 10.5. The Kier molecular flexibility index (Phi) is 3.55. The molecule has 0 saturated carbocycles. The molecular formula is C14H12F2N2O. The molecule has 3 nitrogen and oxygen atoms in total. The predicted octanol–water partition coefficient (Wildman–Crippen LogP) is 3.23. The summed E-state index contributed by atoms with van der Waals surface area (Å²) >= 11 is 0. The van der Waals surface area contributed by atoms with Gasteiger partial charge in [0.05, 0.1) is 5.69 Å². The fraction of sp³-hybridized carbons (Fsp3) is 0.143. The van der Waals surface area contributed by atoms with Gasteiger partial charge in [-0.2, -0.15) is 13.8 Å². The highest BCUT2D eigenvalue weighted by molar-refractivity contribution is 6.04. The first-order valence-electron chi connectivity index (χ1n) is 5.67. The number of benzene rings is 1. The van der Waals surface area contributed by atoms with Gasteiger partial charge < -0.3 is 5.32 Å². The van der Waals surface area contributed by atoms with E-state index in [1.807, 2.05) is 19.9 Å². The van der Waals surface area contributed by atoms with Crippen molar-refractivity contribution in [3.05, 3.63) is 58.9 Å². The Hall–Kier alpha value is -2.30. The molecule has 98 valence electrons. The molecule has 0 atom stereocenters. The van der Waals surface area contributed by atoms with Crippen molar-refractivity contribution in [1.82, 2.24) is 4.98 Å². The summed E-state index contributed by atoms with van der Waals surface area (Å²) in [5, 5.41) is 2.37. The summed E-state index contributed by atoms with van der Waals surface area (Å²) in [6, 6.07) is 7.43. The molecule has 0 spiro atoms. The number of hydrogen-bond acceptors (Lipinski definition) is 2. The summed E-state index contributed by atoms with van der Waals surface area (Å²) < 4.78 is 26.0. The molecule has 19 heavy (non-hydrogen) atoms. The van der Waals surface area contributed by atoms with Crippen molar-refractivity contribution in [1.29, 1.82) is 0 Å². The molecule has 1 N–H and O–H groups in total. The standard InChI is InChI=1S/C14H12F2N2O/c1-8-5-9(2)7-10(6-8)14(19)17-11-3-4-12(15)18-13(11)16/h3-7H,1-2H3,(H,17,19). The Morgan fingerprint density at radius 2 is 1.74 bits per heavy atom. The van der Waals surface area contributed by atoms with Crippen LogP contribution in [0.5, 0.6) is 0 Å². The molecule has 0 aliphatic heterocycles. The summed E-state index contributed by atoms with van der Waals surface area (Å²) in [6.45, 7) is 3.73. The van der Waals surface area contributed by atoms with Crippen molar-refractivity contribution in [2.45, 2.75) is 13.8 Å². The minimum atomic E-state index is -1.04. The smallest absolute Gasteiger partial charge is 0.255 e. The van der Waals surface area contributed by atoms with Crippen LogP contribution in [-0.4, -0.2) is 10.9 Å². The Morgan fingerprint density at radius 3 is 2.32 bits per heavy atom. The number of anilines is 1. The number of aromatic nitrogens is 1. The van der Waals surface area contributed by atoms with Crippen LogP contribution in [0.15, 0.2) is 30.3 Å². The number of pyridine rings is 1. The number of carbonyl (C=O) groups is 1. The Bertz CT molecular complexity index is 621. The number of hydrogen-bond donors (Lipinski definition) is 1. The van der Waals surface area contributed by atoms with E-state index in [0.29, 0.717) is 5.56 Å². The van der Waals surface area contributed by atoms with Gasteiger partial charge in [0, 0.05) is 5.56 Å². The molecule has 0 unspecified atom stereocenters. The molecule has 5 heteroatoms. The summed E-state index contributed by atoms with van der Waals surface area (Å²) in [7, 11) is 0. The third-order valence-corrected chi connectivity index (χ3v) is 2.55. The van der Waals surface area contributed by atoms with Gasteiger partial charge in [0.25, 0.3) is 5.91 Å². The van der Waals surface area contributed by atoms with Gasteiger partial charge in [-0.15, -0.1) is 0 Å². The molecule has 0 radical (unpaired) electrons. The van der Waals surface area contributed by atoms with E-state index in [-0.39, 0.29) is 5.69 Å². The van der Waals surface area contributed by atoms with Crippen LogP contribution in [0.3, 0.4) is 0 Å². The average molecular weight is 262 g/mol. The summed E-state index contributed by atoms with van der Waals surface area (Å²) in [5.41, 5.74) is 2.14. The van der Waals surface area contributed by atoms with Crippen molar-refractivity contribution in [3.8, 4) is 0 Å². The highest BCUT2D eigenvalue weighted by atomic mass is 19.1. The van der Waals surface area contributed by atoms with E-state index in [1.165, 1.54) is 0 Å². The minimum Gasteiger partial charge on any atom is -0.318 e. The fourth-order valence-electron chi connectivity index (χ4n) is 1.81. The summed E-state index contributed by atoms with van der Waals surface area (Å²) in [6.07, 6.45) is 0. The molecule has 1 amide bonds. The quantitative estimate of drug-likeness (QED) is 0.844. The van der Waals surface area contributed by atoms with Gasteiger partial charge >= 0.3 is 0 Å². The van der Waals surface area contributed by atoms with E-state index in [2.05, 4.69) is 10.3 Å². The molecule has 1 aromatic carbocycles. The van der Waals surface area contributed by atoms with E-state index in [0.717, 1.165) is 23.3 Å². The Balaban J connectivity index is 2.25. The largest absolute Gasteiger partial charge is 0.318 e. The highest BCUT2D eigenvalue weighted by Crippen LogP contribution is 2.15. The maximum Gasteiger partial charge on any atom is 0.255 e. The van der Waals surface area contributed by atoms with Crippen LogP contribution in [0.2, 0.25) is 0 Å². The van der Waals surface area contributed by atoms with Crippen LogP contribution in [0.4, 0.5) is 14.5 Å².